The summed E-state index contributed by atoms with van der Waals surface area (Å²) in [7, 11) is 2.89. The van der Waals surface area contributed by atoms with Gasteiger partial charge in [0.05, 0.1) is 7.11 Å². The number of carbonyl (C=O) groups excluding carboxylic acids is 1. The lowest BCUT2D eigenvalue weighted by Crippen LogP contribution is -2.43. The first-order chi connectivity index (χ1) is 15.9. The Morgan fingerprint density at radius 1 is 1.12 bits per heavy atom. The third-order valence-electron chi connectivity index (χ3n) is 5.82. The summed E-state index contributed by atoms with van der Waals surface area (Å²) < 4.78 is 37.5. The predicted molar refractivity (Wildman–Crippen MR) is 117 cm³/mol. The first-order valence-electron chi connectivity index (χ1n) is 10.6. The molecule has 174 valence electrons. The number of methoxy groups -OCH3 is 1. The summed E-state index contributed by atoms with van der Waals surface area (Å²) in [5, 5.41) is 9.97. The zero-order valence-electron chi connectivity index (χ0n) is 18.4. The normalized spacial score (nSPS) is 14.5. The van der Waals surface area contributed by atoms with E-state index < -0.39 is 12.5 Å². The second-order valence-electron chi connectivity index (χ2n) is 7.95. The number of ether oxygens (including phenoxy) is 1. The number of oxazole rings is 1. The fourth-order valence-corrected chi connectivity index (χ4v) is 3.95. The van der Waals surface area contributed by atoms with Crippen LogP contribution in [0.25, 0.3) is 22.6 Å². The largest absolute Gasteiger partial charge is 0.497 e. The molecule has 33 heavy (non-hydrogen) atoms. The van der Waals surface area contributed by atoms with E-state index in [4.69, 9.17) is 14.1 Å². The molecule has 1 aliphatic rings. The maximum absolute atomic E-state index is 13.0. The Bertz CT molecular complexity index is 1090. The number of likely N-dealkylation sites (tertiary alicyclic amines) is 1. The van der Waals surface area contributed by atoms with Gasteiger partial charge in [-0.25, -0.2) is 23.6 Å². The van der Waals surface area contributed by atoms with Gasteiger partial charge in [-0.2, -0.15) is 0 Å². The van der Waals surface area contributed by atoms with Gasteiger partial charge in [0.25, 0.3) is 6.43 Å². The highest BCUT2D eigenvalue weighted by atomic mass is 19.3. The third-order valence-corrected chi connectivity index (χ3v) is 5.82. The van der Waals surface area contributed by atoms with E-state index in [1.54, 1.807) is 24.1 Å². The SMILES string of the molecule is COc1ccc(-c2oc(C3CCN(C(=O)N(C)O)CC3)nc2-c2ccc(C(F)F)cc2)cc1. The molecule has 7 nitrogen and oxygen atoms in total. The van der Waals surface area contributed by atoms with Crippen LogP contribution in [0.1, 0.15) is 36.6 Å². The van der Waals surface area contributed by atoms with Gasteiger partial charge in [0.2, 0.25) is 0 Å². The lowest BCUT2D eigenvalue weighted by atomic mass is 9.97. The predicted octanol–water partition coefficient (Wildman–Crippen LogP) is 5.58. The van der Waals surface area contributed by atoms with Crippen LogP contribution >= 0.6 is 0 Å². The lowest BCUT2D eigenvalue weighted by Gasteiger charge is -2.31. The molecule has 2 aromatic carbocycles. The van der Waals surface area contributed by atoms with Gasteiger partial charge in [-0.15, -0.1) is 0 Å². The Kier molecular flexibility index (Phi) is 6.60. The summed E-state index contributed by atoms with van der Waals surface area (Å²) >= 11 is 0. The lowest BCUT2D eigenvalue weighted by molar-refractivity contribution is -0.0358. The number of hydrogen-bond donors (Lipinski definition) is 1. The number of hydroxylamine groups is 2. The summed E-state index contributed by atoms with van der Waals surface area (Å²) in [6, 6.07) is 12.9. The van der Waals surface area contributed by atoms with Gasteiger partial charge >= 0.3 is 6.03 Å². The minimum absolute atomic E-state index is 0.0101. The first-order valence-corrected chi connectivity index (χ1v) is 10.6. The van der Waals surface area contributed by atoms with Gasteiger partial charge in [-0.05, 0) is 37.1 Å². The van der Waals surface area contributed by atoms with Crippen molar-refractivity contribution in [2.45, 2.75) is 25.2 Å². The van der Waals surface area contributed by atoms with E-state index in [0.29, 0.717) is 59.7 Å². The van der Waals surface area contributed by atoms with Crippen LogP contribution in [0.2, 0.25) is 0 Å². The number of amides is 2. The maximum atomic E-state index is 13.0. The number of rotatable bonds is 5. The van der Waals surface area contributed by atoms with Gasteiger partial charge in [0.1, 0.15) is 11.4 Å². The van der Waals surface area contributed by atoms with Crippen LogP contribution in [0.3, 0.4) is 0 Å². The molecule has 0 saturated carbocycles. The average Bonchev–Trinajstić information content (AvgIpc) is 3.29. The number of urea groups is 1. The molecule has 0 radical (unpaired) electrons. The molecule has 1 saturated heterocycles. The van der Waals surface area contributed by atoms with Crippen molar-refractivity contribution < 1.29 is 27.9 Å². The number of hydrogen-bond acceptors (Lipinski definition) is 5. The third kappa shape index (κ3) is 4.83. The molecule has 1 aromatic heterocycles. The highest BCUT2D eigenvalue weighted by Gasteiger charge is 2.29. The second kappa shape index (κ2) is 9.58. The van der Waals surface area contributed by atoms with Gasteiger partial charge in [-0.3, -0.25) is 5.21 Å². The average molecular weight is 457 g/mol. The zero-order chi connectivity index (χ0) is 23.5. The van der Waals surface area contributed by atoms with E-state index in [2.05, 4.69) is 0 Å². The first kappa shape index (κ1) is 22.7. The highest BCUT2D eigenvalue weighted by molar-refractivity contribution is 5.77. The van der Waals surface area contributed by atoms with Crippen molar-refractivity contribution in [3.63, 3.8) is 0 Å². The molecule has 1 aliphatic heterocycles. The second-order valence-corrected chi connectivity index (χ2v) is 7.95. The van der Waals surface area contributed by atoms with E-state index in [9.17, 15) is 18.8 Å². The molecule has 1 fully saturated rings. The van der Waals surface area contributed by atoms with Gasteiger partial charge in [0, 0.05) is 42.7 Å². The minimum atomic E-state index is -2.54. The molecule has 0 atom stereocenters. The summed E-state index contributed by atoms with van der Waals surface area (Å²) in [6.07, 6.45) is -1.28. The Labute approximate surface area is 190 Å². The number of aromatic nitrogens is 1. The molecule has 0 unspecified atom stereocenters. The van der Waals surface area contributed by atoms with Gasteiger partial charge in [-0.1, -0.05) is 24.3 Å². The van der Waals surface area contributed by atoms with E-state index in [1.807, 2.05) is 24.3 Å². The Hall–Kier alpha value is -3.46. The Balaban J connectivity index is 1.66. The van der Waals surface area contributed by atoms with Crippen LogP contribution in [-0.2, 0) is 0 Å². The van der Waals surface area contributed by atoms with E-state index in [0.717, 1.165) is 5.56 Å². The van der Waals surface area contributed by atoms with Crippen LogP contribution in [0.4, 0.5) is 13.6 Å². The number of halogens is 2. The molecule has 3 aromatic rings. The van der Waals surface area contributed by atoms with Crippen LogP contribution in [-0.4, -0.2) is 53.4 Å². The molecule has 4 rings (SSSR count). The molecule has 0 aliphatic carbocycles. The summed E-state index contributed by atoms with van der Waals surface area (Å²) in [4.78, 5) is 18.3. The van der Waals surface area contributed by atoms with Crippen molar-refractivity contribution in [1.29, 1.82) is 0 Å². The standard InChI is InChI=1S/C24H25F2N3O4/c1-28(31)24(30)29-13-11-18(12-14-29)23-27-20(15-3-5-17(6-4-15)22(25)26)21(33-23)16-7-9-19(32-2)10-8-16/h3-10,18,22,31H,11-14H2,1-2H3. The van der Waals surface area contributed by atoms with E-state index in [1.165, 1.54) is 19.2 Å². The smallest absolute Gasteiger partial charge is 0.343 e. The minimum Gasteiger partial charge on any atom is -0.497 e. The maximum Gasteiger partial charge on any atom is 0.343 e. The molecule has 0 bridgehead atoms. The number of carbonyl (C=O) groups is 1. The van der Waals surface area contributed by atoms with Crippen molar-refractivity contribution >= 4 is 6.03 Å². The zero-order valence-corrected chi connectivity index (χ0v) is 18.4. The van der Waals surface area contributed by atoms with Crippen molar-refractivity contribution in [3.8, 4) is 28.3 Å². The van der Waals surface area contributed by atoms with Crippen LogP contribution in [0.5, 0.6) is 5.75 Å². The monoisotopic (exact) mass is 457 g/mol. The van der Waals surface area contributed by atoms with Gasteiger partial charge in [0.15, 0.2) is 11.7 Å². The molecular weight excluding hydrogens is 432 g/mol. The van der Waals surface area contributed by atoms with Crippen molar-refractivity contribution in [2.75, 3.05) is 27.2 Å². The fraction of sp³-hybridized carbons (Fsp3) is 0.333. The fourth-order valence-electron chi connectivity index (χ4n) is 3.95. The van der Waals surface area contributed by atoms with Crippen LogP contribution in [0.15, 0.2) is 52.9 Å². The molecule has 2 heterocycles. The van der Waals surface area contributed by atoms with Crippen molar-refractivity contribution in [1.82, 2.24) is 14.9 Å². The molecule has 2 amide bonds. The molecule has 0 spiro atoms. The van der Waals surface area contributed by atoms with E-state index >= 15 is 0 Å². The van der Waals surface area contributed by atoms with Crippen molar-refractivity contribution in [3.05, 3.63) is 60.0 Å². The van der Waals surface area contributed by atoms with Gasteiger partial charge < -0.3 is 14.1 Å². The molecule has 9 heteroatoms. The topological polar surface area (TPSA) is 79.0 Å². The number of nitrogens with zero attached hydrogens (tertiary/aromatic N) is 3. The Morgan fingerprint density at radius 2 is 1.73 bits per heavy atom. The molecular formula is C24H25F2N3O4. The number of piperidine rings is 1. The van der Waals surface area contributed by atoms with Crippen LogP contribution < -0.4 is 4.74 Å². The summed E-state index contributed by atoms with van der Waals surface area (Å²) in [5.41, 5.74) is 1.98. The number of benzene rings is 2. The summed E-state index contributed by atoms with van der Waals surface area (Å²) in [6.45, 7) is 0.931. The van der Waals surface area contributed by atoms with Crippen molar-refractivity contribution in [2.24, 2.45) is 0 Å². The quantitative estimate of drug-likeness (QED) is 0.400. The van der Waals surface area contributed by atoms with E-state index in [-0.39, 0.29) is 11.5 Å². The highest BCUT2D eigenvalue weighted by Crippen LogP contribution is 2.38. The summed E-state index contributed by atoms with van der Waals surface area (Å²) in [5.74, 6) is 1.78. The Morgan fingerprint density at radius 3 is 2.27 bits per heavy atom. The molecule has 1 N–H and O–H groups in total. The number of alkyl halides is 2. The van der Waals surface area contributed by atoms with Crippen LogP contribution in [0, 0.1) is 0 Å².